The first-order valence-electron chi connectivity index (χ1n) is 3.99. The van der Waals surface area contributed by atoms with Gasteiger partial charge in [-0.3, -0.25) is 10.2 Å². The van der Waals surface area contributed by atoms with Crippen molar-refractivity contribution in [2.24, 2.45) is 0 Å². The van der Waals surface area contributed by atoms with E-state index in [1.807, 2.05) is 0 Å². The molecule has 0 aromatic rings. The van der Waals surface area contributed by atoms with Gasteiger partial charge in [-0.05, 0) is 12.8 Å². The van der Waals surface area contributed by atoms with Crippen molar-refractivity contribution in [3.8, 4) is 0 Å². The molecule has 0 amide bonds. The summed E-state index contributed by atoms with van der Waals surface area (Å²) in [7, 11) is 0. The minimum absolute atomic E-state index is 0.729. The van der Waals surface area contributed by atoms with Crippen molar-refractivity contribution in [3.05, 3.63) is 0 Å². The molecular weight excluding hydrogens is 128 g/mol. The summed E-state index contributed by atoms with van der Waals surface area (Å²) in [5, 5.41) is 3.25. The van der Waals surface area contributed by atoms with Crippen LogP contribution in [0.3, 0.4) is 0 Å². The number of hydrogen-bond acceptors (Lipinski definition) is 3. The van der Waals surface area contributed by atoms with Crippen molar-refractivity contribution in [2.75, 3.05) is 26.6 Å². The van der Waals surface area contributed by atoms with Gasteiger partial charge in [0.2, 0.25) is 0 Å². The zero-order valence-corrected chi connectivity index (χ0v) is 6.18. The number of hydrogen-bond donors (Lipinski definition) is 1. The zero-order valence-electron chi connectivity index (χ0n) is 6.18. The summed E-state index contributed by atoms with van der Waals surface area (Å²) in [6.45, 7) is 3.90. The highest BCUT2D eigenvalue weighted by molar-refractivity contribution is 4.79. The maximum Gasteiger partial charge on any atom is 0.101 e. The van der Waals surface area contributed by atoms with E-state index in [-0.39, 0.29) is 0 Å². The topological polar surface area (TPSA) is 24.5 Å². The van der Waals surface area contributed by atoms with Gasteiger partial charge in [0.1, 0.15) is 6.73 Å². The molecule has 2 heterocycles. The van der Waals surface area contributed by atoms with Gasteiger partial charge in [-0.1, -0.05) is 0 Å². The van der Waals surface area contributed by atoms with Crippen LogP contribution in [0, 0.1) is 0 Å². The molecule has 0 aliphatic carbocycles. The summed E-state index contributed by atoms with van der Waals surface area (Å²) >= 11 is 0. The van der Waals surface area contributed by atoms with Gasteiger partial charge in [-0.2, -0.15) is 0 Å². The molecule has 3 heteroatoms. The lowest BCUT2D eigenvalue weighted by molar-refractivity contribution is 0.0424. The van der Waals surface area contributed by atoms with E-state index in [4.69, 9.17) is 4.74 Å². The van der Waals surface area contributed by atoms with Crippen LogP contribution in [0.5, 0.6) is 0 Å². The quantitative estimate of drug-likeness (QED) is 0.514. The molecule has 10 heavy (non-hydrogen) atoms. The van der Waals surface area contributed by atoms with E-state index >= 15 is 0 Å². The Balaban J connectivity index is 1.95. The van der Waals surface area contributed by atoms with Crippen molar-refractivity contribution < 1.29 is 4.74 Å². The molecule has 1 unspecified atom stereocenters. The van der Waals surface area contributed by atoms with Crippen LogP contribution in [0.4, 0.5) is 0 Å². The van der Waals surface area contributed by atoms with Crippen LogP contribution in [0.1, 0.15) is 12.8 Å². The lowest BCUT2D eigenvalue weighted by atomic mass is 10.2. The Morgan fingerprint density at radius 1 is 1.50 bits per heavy atom. The summed E-state index contributed by atoms with van der Waals surface area (Å²) in [4.78, 5) is 2.42. The normalized spacial score (nSPS) is 35.4. The third kappa shape index (κ3) is 1.17. The highest BCUT2D eigenvalue weighted by Crippen LogP contribution is 2.16. The number of nitrogens with one attached hydrogen (secondary N) is 1. The van der Waals surface area contributed by atoms with Crippen molar-refractivity contribution >= 4 is 0 Å². The van der Waals surface area contributed by atoms with Crippen LogP contribution < -0.4 is 5.32 Å². The lowest BCUT2D eigenvalue weighted by Crippen LogP contribution is -2.34. The Labute approximate surface area is 61.3 Å². The molecule has 0 bridgehead atoms. The molecule has 2 aliphatic rings. The van der Waals surface area contributed by atoms with Crippen LogP contribution in [-0.2, 0) is 4.74 Å². The van der Waals surface area contributed by atoms with Crippen molar-refractivity contribution in [1.82, 2.24) is 10.2 Å². The van der Waals surface area contributed by atoms with Crippen LogP contribution in [0.15, 0.2) is 0 Å². The Hall–Kier alpha value is -0.120. The third-order valence-corrected chi connectivity index (χ3v) is 2.34. The van der Waals surface area contributed by atoms with Gasteiger partial charge in [0.15, 0.2) is 0 Å². The Morgan fingerprint density at radius 3 is 3.50 bits per heavy atom. The smallest absolute Gasteiger partial charge is 0.101 e. The highest BCUT2D eigenvalue weighted by atomic mass is 16.5. The van der Waals surface area contributed by atoms with E-state index in [0.29, 0.717) is 0 Å². The molecule has 1 N–H and O–H groups in total. The first kappa shape index (κ1) is 6.58. The number of ether oxygens (including phenoxy) is 1. The zero-order chi connectivity index (χ0) is 6.81. The molecule has 2 rings (SSSR count). The average Bonchev–Trinajstić information content (AvgIpc) is 2.28. The van der Waals surface area contributed by atoms with E-state index in [2.05, 4.69) is 10.2 Å². The minimum atomic E-state index is 0.729. The molecule has 1 atom stereocenters. The molecular formula is C7H14N2O. The van der Waals surface area contributed by atoms with Gasteiger partial charge >= 0.3 is 0 Å². The van der Waals surface area contributed by atoms with Gasteiger partial charge in [-0.25, -0.2) is 0 Å². The molecule has 0 aromatic heterocycles. The predicted octanol–water partition coefficient (Wildman–Crippen LogP) is -0.0144. The van der Waals surface area contributed by atoms with E-state index in [0.717, 1.165) is 26.0 Å². The molecule has 58 valence electrons. The van der Waals surface area contributed by atoms with Gasteiger partial charge in [-0.15, -0.1) is 0 Å². The largest absolute Gasteiger partial charge is 0.351 e. The molecule has 0 spiro atoms. The number of rotatable bonds is 0. The highest BCUT2D eigenvalue weighted by Gasteiger charge is 2.25. The third-order valence-electron chi connectivity index (χ3n) is 2.34. The molecule has 2 fully saturated rings. The molecule has 0 aromatic carbocycles. The van der Waals surface area contributed by atoms with Crippen molar-refractivity contribution in [2.45, 2.75) is 18.9 Å². The first-order chi connectivity index (χ1) is 4.97. The van der Waals surface area contributed by atoms with E-state index in [9.17, 15) is 0 Å². The van der Waals surface area contributed by atoms with Crippen LogP contribution in [0.2, 0.25) is 0 Å². The second-order valence-corrected chi connectivity index (χ2v) is 3.04. The van der Waals surface area contributed by atoms with Crippen LogP contribution >= 0.6 is 0 Å². The van der Waals surface area contributed by atoms with E-state index in [1.54, 1.807) is 0 Å². The van der Waals surface area contributed by atoms with E-state index in [1.165, 1.54) is 19.4 Å². The minimum Gasteiger partial charge on any atom is -0.351 e. The fourth-order valence-electron chi connectivity index (χ4n) is 1.76. The molecule has 3 nitrogen and oxygen atoms in total. The van der Waals surface area contributed by atoms with Crippen LogP contribution in [0.25, 0.3) is 0 Å². The van der Waals surface area contributed by atoms with Gasteiger partial charge in [0.25, 0.3) is 0 Å². The Kier molecular flexibility index (Phi) is 1.88. The maximum absolute atomic E-state index is 5.32. The standard InChI is InChI=1S/C7H14N2O/c1-2-7-4-8-5-10-6-9(7)3-1/h7-8H,1-6H2. The summed E-state index contributed by atoms with van der Waals surface area (Å²) in [6, 6.07) is 0.752. The number of nitrogens with zero attached hydrogens (tertiary/aromatic N) is 1. The van der Waals surface area contributed by atoms with Crippen LogP contribution in [-0.4, -0.2) is 37.5 Å². The summed E-state index contributed by atoms with van der Waals surface area (Å²) in [5.74, 6) is 0. The summed E-state index contributed by atoms with van der Waals surface area (Å²) in [6.07, 6.45) is 2.69. The van der Waals surface area contributed by atoms with E-state index < -0.39 is 0 Å². The monoisotopic (exact) mass is 142 g/mol. The lowest BCUT2D eigenvalue weighted by Gasteiger charge is -2.18. The van der Waals surface area contributed by atoms with Crippen molar-refractivity contribution in [3.63, 3.8) is 0 Å². The second kappa shape index (κ2) is 2.86. The van der Waals surface area contributed by atoms with Gasteiger partial charge in [0, 0.05) is 19.1 Å². The van der Waals surface area contributed by atoms with Gasteiger partial charge < -0.3 is 4.74 Å². The fraction of sp³-hybridized carbons (Fsp3) is 1.00. The number of fused-ring (bicyclic) bond motifs is 1. The second-order valence-electron chi connectivity index (χ2n) is 3.04. The molecule has 2 saturated heterocycles. The summed E-state index contributed by atoms with van der Waals surface area (Å²) < 4.78 is 5.32. The summed E-state index contributed by atoms with van der Waals surface area (Å²) in [5.41, 5.74) is 0. The predicted molar refractivity (Wildman–Crippen MR) is 38.5 cm³/mol. The van der Waals surface area contributed by atoms with Crippen molar-refractivity contribution in [1.29, 1.82) is 0 Å². The SMILES string of the molecule is C1CC2CNCOCN2C1. The fourth-order valence-corrected chi connectivity index (χ4v) is 1.76. The van der Waals surface area contributed by atoms with Gasteiger partial charge in [0.05, 0.1) is 6.73 Å². The Bertz CT molecular complexity index is 106. The Morgan fingerprint density at radius 2 is 2.50 bits per heavy atom. The maximum atomic E-state index is 5.32. The average molecular weight is 142 g/mol. The molecule has 0 saturated carbocycles. The first-order valence-corrected chi connectivity index (χ1v) is 3.99. The molecule has 2 aliphatic heterocycles. The molecule has 0 radical (unpaired) electrons.